The molecular weight excluding hydrogens is 388 g/mol. The summed E-state index contributed by atoms with van der Waals surface area (Å²) in [7, 11) is 0. The van der Waals surface area contributed by atoms with Gasteiger partial charge in [-0.1, -0.05) is 23.7 Å². The molecule has 3 amide bonds. The predicted molar refractivity (Wildman–Crippen MR) is 112 cm³/mol. The number of pyridine rings is 1. The molecule has 2 saturated carbocycles. The van der Waals surface area contributed by atoms with Crippen LogP contribution >= 0.6 is 11.6 Å². The van der Waals surface area contributed by atoms with Gasteiger partial charge in [-0.25, -0.2) is 4.79 Å². The fourth-order valence-electron chi connectivity index (χ4n) is 4.40. The minimum atomic E-state index is -0.143. The fraction of sp³-hybridized carbons (Fsp3) is 0.409. The van der Waals surface area contributed by atoms with Crippen LogP contribution in [0.5, 0.6) is 0 Å². The molecule has 2 fully saturated rings. The highest BCUT2D eigenvalue weighted by Gasteiger charge is 2.53. The molecule has 1 aromatic carbocycles. The number of rotatable bonds is 5. The Hall–Kier alpha value is -2.60. The van der Waals surface area contributed by atoms with E-state index in [2.05, 4.69) is 20.9 Å². The van der Waals surface area contributed by atoms with E-state index in [9.17, 15) is 9.59 Å². The van der Waals surface area contributed by atoms with Crippen LogP contribution in [-0.4, -0.2) is 29.0 Å². The lowest BCUT2D eigenvalue weighted by molar-refractivity contribution is -0.0236. The quantitative estimate of drug-likeness (QED) is 0.701. The van der Waals surface area contributed by atoms with Gasteiger partial charge in [-0.15, -0.1) is 0 Å². The highest BCUT2D eigenvalue weighted by Crippen LogP contribution is 2.55. The smallest absolute Gasteiger partial charge is 0.315 e. The Bertz CT molecular complexity index is 884. The zero-order valence-corrected chi connectivity index (χ0v) is 17.1. The number of urea groups is 1. The monoisotopic (exact) mass is 412 g/mol. The second kappa shape index (κ2) is 8.03. The third-order valence-electron chi connectivity index (χ3n) is 5.93. The van der Waals surface area contributed by atoms with E-state index in [-0.39, 0.29) is 29.4 Å². The number of hydrogen-bond donors (Lipinski definition) is 3. The van der Waals surface area contributed by atoms with E-state index in [4.69, 9.17) is 11.6 Å². The van der Waals surface area contributed by atoms with Gasteiger partial charge in [-0.3, -0.25) is 9.78 Å². The lowest BCUT2D eigenvalue weighted by Crippen LogP contribution is -2.61. The number of nitrogens with zero attached hydrogens (tertiary/aromatic N) is 1. The molecule has 1 spiro atoms. The molecule has 29 heavy (non-hydrogen) atoms. The Labute approximate surface area is 175 Å². The lowest BCUT2D eigenvalue weighted by atomic mass is 9.52. The normalized spacial score (nSPS) is 24.9. The minimum absolute atomic E-state index is 0.0621. The third-order valence-corrected chi connectivity index (χ3v) is 6.18. The summed E-state index contributed by atoms with van der Waals surface area (Å²) in [6, 6.07) is 11.3. The van der Waals surface area contributed by atoms with Crippen molar-refractivity contribution in [1.29, 1.82) is 0 Å². The van der Waals surface area contributed by atoms with Crippen LogP contribution in [0.25, 0.3) is 0 Å². The molecule has 152 valence electrons. The van der Waals surface area contributed by atoms with Crippen LogP contribution in [-0.2, 0) is 6.54 Å². The van der Waals surface area contributed by atoms with Crippen molar-refractivity contribution < 1.29 is 9.59 Å². The van der Waals surface area contributed by atoms with E-state index in [1.54, 1.807) is 12.3 Å². The Morgan fingerprint density at radius 2 is 1.69 bits per heavy atom. The Balaban J connectivity index is 1.14. The topological polar surface area (TPSA) is 83.1 Å². The van der Waals surface area contributed by atoms with E-state index in [0.29, 0.717) is 17.1 Å². The second-order valence-electron chi connectivity index (χ2n) is 8.33. The van der Waals surface area contributed by atoms with Crippen LogP contribution < -0.4 is 16.0 Å². The highest BCUT2D eigenvalue weighted by molar-refractivity contribution is 6.30. The number of hydrogen-bond acceptors (Lipinski definition) is 3. The number of nitrogens with one attached hydrogen (secondary N) is 3. The van der Waals surface area contributed by atoms with E-state index in [1.807, 2.05) is 37.3 Å². The Kier molecular flexibility index (Phi) is 5.46. The van der Waals surface area contributed by atoms with Gasteiger partial charge in [0.15, 0.2) is 0 Å². The number of carbonyl (C=O) groups excluding carboxylic acids is 2. The number of benzene rings is 1. The molecule has 0 unspecified atom stereocenters. The second-order valence-corrected chi connectivity index (χ2v) is 8.76. The first kappa shape index (κ1) is 19.7. The van der Waals surface area contributed by atoms with Crippen molar-refractivity contribution in [2.45, 2.75) is 51.2 Å². The van der Waals surface area contributed by atoms with Crippen molar-refractivity contribution in [3.63, 3.8) is 0 Å². The van der Waals surface area contributed by atoms with Crippen molar-refractivity contribution >= 4 is 23.5 Å². The number of halogens is 1. The van der Waals surface area contributed by atoms with Crippen LogP contribution in [0.1, 0.15) is 47.3 Å². The number of amides is 3. The van der Waals surface area contributed by atoms with Crippen LogP contribution in [0.4, 0.5) is 4.79 Å². The fourth-order valence-corrected chi connectivity index (χ4v) is 4.53. The first-order valence-corrected chi connectivity index (χ1v) is 10.3. The van der Waals surface area contributed by atoms with E-state index < -0.39 is 0 Å². The molecule has 2 aromatic rings. The average molecular weight is 413 g/mol. The highest BCUT2D eigenvalue weighted by atomic mass is 35.5. The lowest BCUT2D eigenvalue weighted by Gasteiger charge is -2.57. The molecule has 0 aliphatic heterocycles. The summed E-state index contributed by atoms with van der Waals surface area (Å²) < 4.78 is 0. The summed E-state index contributed by atoms with van der Waals surface area (Å²) >= 11 is 5.86. The van der Waals surface area contributed by atoms with Gasteiger partial charge in [0.1, 0.15) is 0 Å². The van der Waals surface area contributed by atoms with E-state index in [0.717, 1.165) is 36.9 Å². The number of aryl methyl sites for hydroxylation is 1. The van der Waals surface area contributed by atoms with Gasteiger partial charge in [0, 0.05) is 35.5 Å². The molecule has 1 heterocycles. The predicted octanol–water partition coefficient (Wildman–Crippen LogP) is 3.58. The van der Waals surface area contributed by atoms with Crippen LogP contribution in [0.3, 0.4) is 0 Å². The SMILES string of the molecule is Cc1ccc(C(=O)NC2CC3(CC(NC(=O)NCc4ccc(Cl)cc4)C3)C2)cn1. The maximum atomic E-state index is 12.3. The summed E-state index contributed by atoms with van der Waals surface area (Å²) in [5.41, 5.74) is 2.78. The molecule has 2 aliphatic carbocycles. The van der Waals surface area contributed by atoms with Gasteiger partial charge in [0.2, 0.25) is 0 Å². The molecule has 1 aromatic heterocycles. The third kappa shape index (κ3) is 4.70. The first-order chi connectivity index (χ1) is 13.9. The van der Waals surface area contributed by atoms with Crippen LogP contribution in [0.2, 0.25) is 5.02 Å². The molecule has 0 radical (unpaired) electrons. The van der Waals surface area contributed by atoms with Crippen molar-refractivity contribution in [3.05, 3.63) is 64.4 Å². The van der Waals surface area contributed by atoms with Crippen LogP contribution in [0.15, 0.2) is 42.6 Å². The minimum Gasteiger partial charge on any atom is -0.349 e. The molecule has 0 saturated heterocycles. The van der Waals surface area contributed by atoms with Crippen LogP contribution in [0, 0.1) is 12.3 Å². The van der Waals surface area contributed by atoms with Crippen molar-refractivity contribution in [1.82, 2.24) is 20.9 Å². The average Bonchev–Trinajstić information content (AvgIpc) is 2.64. The zero-order valence-electron chi connectivity index (χ0n) is 16.4. The molecule has 0 bridgehead atoms. The van der Waals surface area contributed by atoms with E-state index in [1.165, 1.54) is 0 Å². The maximum Gasteiger partial charge on any atom is 0.315 e. The van der Waals surface area contributed by atoms with Gasteiger partial charge in [-0.2, -0.15) is 0 Å². The zero-order chi connectivity index (χ0) is 20.4. The summed E-state index contributed by atoms with van der Waals surface area (Å²) in [4.78, 5) is 28.5. The summed E-state index contributed by atoms with van der Waals surface area (Å²) in [6.45, 7) is 2.37. The molecule has 2 aliphatic rings. The largest absolute Gasteiger partial charge is 0.349 e. The van der Waals surface area contributed by atoms with Gasteiger partial charge in [0.05, 0.1) is 5.56 Å². The van der Waals surface area contributed by atoms with E-state index >= 15 is 0 Å². The van der Waals surface area contributed by atoms with Gasteiger partial charge >= 0.3 is 6.03 Å². The Morgan fingerprint density at radius 1 is 1.03 bits per heavy atom. The summed E-state index contributed by atoms with van der Waals surface area (Å²) in [5.74, 6) is -0.0621. The maximum absolute atomic E-state index is 12.3. The summed E-state index contributed by atoms with van der Waals surface area (Å²) in [5, 5.41) is 9.69. The van der Waals surface area contributed by atoms with Crippen molar-refractivity contribution in [2.24, 2.45) is 5.41 Å². The number of aromatic nitrogens is 1. The molecular formula is C22H25ClN4O2. The van der Waals surface area contributed by atoms with Gasteiger partial charge in [-0.05, 0) is 67.9 Å². The molecule has 0 atom stereocenters. The van der Waals surface area contributed by atoms with Crippen molar-refractivity contribution in [3.8, 4) is 0 Å². The van der Waals surface area contributed by atoms with Gasteiger partial charge < -0.3 is 16.0 Å². The first-order valence-electron chi connectivity index (χ1n) is 9.93. The number of carbonyl (C=O) groups is 2. The molecule has 6 nitrogen and oxygen atoms in total. The molecule has 4 rings (SSSR count). The molecule has 3 N–H and O–H groups in total. The Morgan fingerprint density at radius 3 is 2.31 bits per heavy atom. The standard InChI is InChI=1S/C22H25ClN4O2/c1-14-2-5-16(13-24-14)20(28)26-18-8-22(9-18)10-19(11-22)27-21(29)25-12-15-3-6-17(23)7-4-15/h2-7,13,18-19H,8-12H2,1H3,(H,26,28)(H2,25,27,29). The summed E-state index contributed by atoms with van der Waals surface area (Å²) in [6.07, 6.45) is 5.51. The van der Waals surface area contributed by atoms with Crippen molar-refractivity contribution in [2.75, 3.05) is 0 Å². The molecule has 7 heteroatoms. The van der Waals surface area contributed by atoms with Gasteiger partial charge in [0.25, 0.3) is 5.91 Å².